The van der Waals surface area contributed by atoms with E-state index < -0.39 is 5.91 Å². The van der Waals surface area contributed by atoms with Gasteiger partial charge in [0.15, 0.2) is 5.96 Å². The summed E-state index contributed by atoms with van der Waals surface area (Å²) in [4.78, 5) is 19.7. The minimum absolute atomic E-state index is 0.288. The maximum atomic E-state index is 13.4. The lowest BCUT2D eigenvalue weighted by atomic mass is 10.1. The van der Waals surface area contributed by atoms with Crippen LogP contribution >= 0.6 is 0 Å². The molecule has 0 saturated carbocycles. The van der Waals surface area contributed by atoms with Crippen molar-refractivity contribution in [3.05, 3.63) is 59.8 Å². The summed E-state index contributed by atoms with van der Waals surface area (Å²) in [5, 5.41) is 0.772. The maximum absolute atomic E-state index is 13.4. The van der Waals surface area contributed by atoms with Gasteiger partial charge in [-0.25, -0.2) is 4.39 Å². The summed E-state index contributed by atoms with van der Waals surface area (Å²) in [5.74, 6) is -1.16. The third kappa shape index (κ3) is 2.89. The van der Waals surface area contributed by atoms with Gasteiger partial charge in [-0.15, -0.1) is 0 Å². The summed E-state index contributed by atoms with van der Waals surface area (Å²) in [7, 11) is 0. The van der Waals surface area contributed by atoms with Crippen LogP contribution in [-0.2, 0) is 0 Å². The molecule has 0 atom stereocenters. The highest BCUT2D eigenvalue weighted by Gasteiger charge is 2.11. The Hall–Kier alpha value is -3.22. The normalized spacial score (nSPS) is 10.7. The largest absolute Gasteiger partial charge is 0.370 e. The van der Waals surface area contributed by atoms with E-state index in [0.29, 0.717) is 11.1 Å². The van der Waals surface area contributed by atoms with Gasteiger partial charge in [0.25, 0.3) is 5.91 Å². The fourth-order valence-corrected chi connectivity index (χ4v) is 2.38. The summed E-state index contributed by atoms with van der Waals surface area (Å²) in [6, 6.07) is 7.87. The van der Waals surface area contributed by atoms with Gasteiger partial charge >= 0.3 is 0 Å². The number of aromatic nitrogens is 2. The molecule has 0 radical (unpaired) electrons. The van der Waals surface area contributed by atoms with Gasteiger partial charge in [0.1, 0.15) is 5.82 Å². The van der Waals surface area contributed by atoms with E-state index >= 15 is 0 Å². The first-order valence-corrected chi connectivity index (χ1v) is 6.83. The molecular weight excluding hydrogens is 297 g/mol. The lowest BCUT2D eigenvalue weighted by molar-refractivity contribution is 0.100. The number of fused-ring (bicyclic) bond motifs is 1. The fourth-order valence-electron chi connectivity index (χ4n) is 2.38. The molecule has 0 aliphatic heterocycles. The SMILES string of the molecule is Cc1cc(-n2ccc(C(=O)N=C(N)N)c2)c2ccc(F)cc2n1. The van der Waals surface area contributed by atoms with Crippen molar-refractivity contribution < 1.29 is 9.18 Å². The number of guanidine groups is 1. The van der Waals surface area contributed by atoms with Crippen LogP contribution in [0.25, 0.3) is 16.6 Å². The monoisotopic (exact) mass is 311 g/mol. The number of hydrogen-bond acceptors (Lipinski definition) is 2. The number of benzene rings is 1. The number of pyridine rings is 1. The Labute approximate surface area is 131 Å². The summed E-state index contributed by atoms with van der Waals surface area (Å²) in [5.41, 5.74) is 12.9. The predicted octanol–water partition coefficient (Wildman–Crippen LogP) is 1.89. The molecule has 1 amide bonds. The molecule has 0 aliphatic rings. The Morgan fingerprint density at radius 1 is 1.26 bits per heavy atom. The molecule has 0 unspecified atom stereocenters. The molecule has 0 bridgehead atoms. The minimum Gasteiger partial charge on any atom is -0.370 e. The Morgan fingerprint density at radius 2 is 2.04 bits per heavy atom. The van der Waals surface area contributed by atoms with E-state index in [9.17, 15) is 9.18 Å². The molecular formula is C16H14FN5O. The number of hydrogen-bond donors (Lipinski definition) is 2. The molecule has 7 heteroatoms. The van der Waals surface area contributed by atoms with Crippen LogP contribution in [-0.4, -0.2) is 21.4 Å². The Balaban J connectivity index is 2.12. The Bertz CT molecular complexity index is 936. The third-order valence-electron chi connectivity index (χ3n) is 3.33. The summed E-state index contributed by atoms with van der Waals surface area (Å²) < 4.78 is 15.2. The van der Waals surface area contributed by atoms with E-state index in [1.807, 2.05) is 13.0 Å². The van der Waals surface area contributed by atoms with Gasteiger partial charge in [-0.1, -0.05) is 0 Å². The van der Waals surface area contributed by atoms with E-state index in [2.05, 4.69) is 9.98 Å². The lowest BCUT2D eigenvalue weighted by Gasteiger charge is -2.09. The molecule has 0 saturated heterocycles. The van der Waals surface area contributed by atoms with E-state index in [0.717, 1.165) is 16.8 Å². The quantitative estimate of drug-likeness (QED) is 0.557. The molecule has 2 aromatic heterocycles. The number of carbonyl (C=O) groups is 1. The van der Waals surface area contributed by atoms with Gasteiger partial charge in [0.05, 0.1) is 16.8 Å². The van der Waals surface area contributed by atoms with Crippen LogP contribution in [0.2, 0.25) is 0 Å². The topological polar surface area (TPSA) is 99.3 Å². The molecule has 3 rings (SSSR count). The molecule has 1 aromatic carbocycles. The number of carbonyl (C=O) groups excluding carboxylic acids is 1. The number of rotatable bonds is 2. The molecule has 4 N–H and O–H groups in total. The second-order valence-electron chi connectivity index (χ2n) is 5.09. The molecule has 116 valence electrons. The van der Waals surface area contributed by atoms with Crippen LogP contribution in [0.3, 0.4) is 0 Å². The number of nitrogens with zero attached hydrogens (tertiary/aromatic N) is 3. The minimum atomic E-state index is -0.523. The van der Waals surface area contributed by atoms with Crippen LogP contribution in [0.4, 0.5) is 4.39 Å². The second-order valence-corrected chi connectivity index (χ2v) is 5.09. The summed E-state index contributed by atoms with van der Waals surface area (Å²) in [6.45, 7) is 1.82. The number of amides is 1. The van der Waals surface area contributed by atoms with Gasteiger partial charge in [-0.2, -0.15) is 4.99 Å². The zero-order valence-corrected chi connectivity index (χ0v) is 12.3. The molecule has 23 heavy (non-hydrogen) atoms. The lowest BCUT2D eigenvalue weighted by Crippen LogP contribution is -2.24. The van der Waals surface area contributed by atoms with E-state index in [4.69, 9.17) is 11.5 Å². The highest BCUT2D eigenvalue weighted by molar-refractivity contribution is 6.02. The average molecular weight is 311 g/mol. The van der Waals surface area contributed by atoms with Crippen molar-refractivity contribution in [1.82, 2.24) is 9.55 Å². The number of aliphatic imine (C=N–C) groups is 1. The van der Waals surface area contributed by atoms with Crippen molar-refractivity contribution in [3.63, 3.8) is 0 Å². The zero-order chi connectivity index (χ0) is 16.6. The molecule has 0 fully saturated rings. The zero-order valence-electron chi connectivity index (χ0n) is 12.3. The molecule has 3 aromatic rings. The highest BCUT2D eigenvalue weighted by Crippen LogP contribution is 2.23. The van der Waals surface area contributed by atoms with Crippen molar-refractivity contribution in [2.24, 2.45) is 16.5 Å². The third-order valence-corrected chi connectivity index (χ3v) is 3.33. The van der Waals surface area contributed by atoms with Crippen molar-refractivity contribution >= 4 is 22.8 Å². The smallest absolute Gasteiger partial charge is 0.281 e. The van der Waals surface area contributed by atoms with Crippen LogP contribution in [0.1, 0.15) is 16.1 Å². The predicted molar refractivity (Wildman–Crippen MR) is 85.9 cm³/mol. The van der Waals surface area contributed by atoms with Crippen LogP contribution in [0.5, 0.6) is 0 Å². The van der Waals surface area contributed by atoms with Gasteiger partial charge in [0.2, 0.25) is 0 Å². The van der Waals surface area contributed by atoms with E-state index in [1.54, 1.807) is 29.1 Å². The second kappa shape index (κ2) is 5.53. The summed E-state index contributed by atoms with van der Waals surface area (Å²) in [6.07, 6.45) is 3.33. The van der Waals surface area contributed by atoms with E-state index in [1.165, 1.54) is 12.1 Å². The number of nitrogens with two attached hydrogens (primary N) is 2. The molecule has 2 heterocycles. The van der Waals surface area contributed by atoms with Crippen molar-refractivity contribution in [3.8, 4) is 5.69 Å². The maximum Gasteiger partial charge on any atom is 0.281 e. The standard InChI is InChI=1S/C16H14FN5O/c1-9-6-14(12-3-2-11(17)7-13(12)20-9)22-5-4-10(8-22)15(23)21-16(18)19/h2-8H,1H3,(H4,18,19,21,23). The highest BCUT2D eigenvalue weighted by atomic mass is 19.1. The van der Waals surface area contributed by atoms with Crippen molar-refractivity contribution in [2.45, 2.75) is 6.92 Å². The van der Waals surface area contributed by atoms with Crippen LogP contribution < -0.4 is 11.5 Å². The number of aryl methyl sites for hydroxylation is 1. The first-order chi connectivity index (χ1) is 10.9. The van der Waals surface area contributed by atoms with Gasteiger partial charge in [0, 0.05) is 29.5 Å². The molecule has 0 spiro atoms. The van der Waals surface area contributed by atoms with Crippen LogP contribution in [0.15, 0.2) is 47.7 Å². The molecule has 0 aliphatic carbocycles. The number of halogens is 1. The summed E-state index contributed by atoms with van der Waals surface area (Å²) >= 11 is 0. The molecule has 6 nitrogen and oxygen atoms in total. The first kappa shape index (κ1) is 14.7. The van der Waals surface area contributed by atoms with Crippen LogP contribution in [0, 0.1) is 12.7 Å². The van der Waals surface area contributed by atoms with Crippen molar-refractivity contribution in [2.75, 3.05) is 0 Å². The fraction of sp³-hybridized carbons (Fsp3) is 0.0625. The Kier molecular flexibility index (Phi) is 3.53. The van der Waals surface area contributed by atoms with Gasteiger partial charge < -0.3 is 16.0 Å². The first-order valence-electron chi connectivity index (χ1n) is 6.83. The Morgan fingerprint density at radius 3 is 2.78 bits per heavy atom. The van der Waals surface area contributed by atoms with Gasteiger partial charge in [-0.3, -0.25) is 9.78 Å². The van der Waals surface area contributed by atoms with Crippen molar-refractivity contribution in [1.29, 1.82) is 0 Å². The van der Waals surface area contributed by atoms with Gasteiger partial charge in [-0.05, 0) is 31.2 Å². The van der Waals surface area contributed by atoms with E-state index in [-0.39, 0.29) is 11.8 Å². The average Bonchev–Trinajstić information content (AvgIpc) is 2.94.